The highest BCUT2D eigenvalue weighted by molar-refractivity contribution is 6.10. The molecule has 0 saturated carbocycles. The van der Waals surface area contributed by atoms with Gasteiger partial charge < -0.3 is 15.5 Å². The van der Waals surface area contributed by atoms with Gasteiger partial charge in [0.2, 0.25) is 11.8 Å². The lowest BCUT2D eigenvalue weighted by Gasteiger charge is -2.20. The Hall–Kier alpha value is -3.15. The van der Waals surface area contributed by atoms with Gasteiger partial charge in [-0.25, -0.2) is 0 Å². The fraction of sp³-hybridized carbons (Fsp3) is 0.211. The number of nitrogens with zero attached hydrogens (tertiary/aromatic N) is 1. The predicted molar refractivity (Wildman–Crippen MR) is 93.9 cm³/mol. The molecule has 0 aliphatic carbocycles. The van der Waals surface area contributed by atoms with Crippen molar-refractivity contribution in [3.8, 4) is 0 Å². The maximum Gasteiger partial charge on any atom is 0.254 e. The smallest absolute Gasteiger partial charge is 0.254 e. The van der Waals surface area contributed by atoms with E-state index in [1.807, 2.05) is 30.3 Å². The maximum absolute atomic E-state index is 12.4. The number of para-hydroxylation sites is 1. The molecule has 0 spiro atoms. The maximum atomic E-state index is 12.4. The lowest BCUT2D eigenvalue weighted by Crippen LogP contribution is -2.44. The molecule has 3 amide bonds. The third kappa shape index (κ3) is 3.85. The Balaban J connectivity index is 1.67. The Morgan fingerprint density at radius 1 is 1.04 bits per heavy atom. The molecule has 1 heterocycles. The summed E-state index contributed by atoms with van der Waals surface area (Å²) in [5, 5.41) is 5.34. The molecule has 2 N–H and O–H groups in total. The summed E-state index contributed by atoms with van der Waals surface area (Å²) in [5.41, 5.74) is 1.85. The zero-order valence-corrected chi connectivity index (χ0v) is 13.9. The number of nitrogens with one attached hydrogen (secondary N) is 2. The third-order valence-electron chi connectivity index (χ3n) is 4.12. The molecule has 1 aliphatic heterocycles. The van der Waals surface area contributed by atoms with Gasteiger partial charge in [-0.1, -0.05) is 42.5 Å². The van der Waals surface area contributed by atoms with E-state index >= 15 is 0 Å². The Bertz CT molecular complexity index is 805. The summed E-state index contributed by atoms with van der Waals surface area (Å²) < 4.78 is 0. The van der Waals surface area contributed by atoms with E-state index in [0.29, 0.717) is 17.8 Å². The molecule has 0 saturated heterocycles. The highest BCUT2D eigenvalue weighted by Gasteiger charge is 2.30. The normalized spacial score (nSPS) is 16.3. The van der Waals surface area contributed by atoms with Gasteiger partial charge in [-0.05, 0) is 17.7 Å². The van der Waals surface area contributed by atoms with E-state index in [1.54, 1.807) is 36.2 Å². The highest BCUT2D eigenvalue weighted by atomic mass is 16.2. The largest absolute Gasteiger partial charge is 0.341 e. The predicted octanol–water partition coefficient (Wildman–Crippen LogP) is 1.79. The highest BCUT2D eigenvalue weighted by Crippen LogP contribution is 2.19. The Labute approximate surface area is 145 Å². The van der Waals surface area contributed by atoms with Gasteiger partial charge in [-0.2, -0.15) is 0 Å². The molecule has 0 bridgehead atoms. The summed E-state index contributed by atoms with van der Waals surface area (Å²) in [4.78, 5) is 38.6. The number of amides is 3. The van der Waals surface area contributed by atoms with Crippen LogP contribution < -0.4 is 10.6 Å². The van der Waals surface area contributed by atoms with Crippen LogP contribution in [0.3, 0.4) is 0 Å². The molecule has 0 aromatic heterocycles. The summed E-state index contributed by atoms with van der Waals surface area (Å²) >= 11 is 0. The second kappa shape index (κ2) is 7.17. The minimum absolute atomic E-state index is 0.0884. The van der Waals surface area contributed by atoms with E-state index in [2.05, 4.69) is 10.6 Å². The van der Waals surface area contributed by atoms with Crippen LogP contribution in [0.1, 0.15) is 22.3 Å². The second-order valence-corrected chi connectivity index (χ2v) is 6.00. The molecule has 1 unspecified atom stereocenters. The first-order chi connectivity index (χ1) is 12.0. The quantitative estimate of drug-likeness (QED) is 0.893. The van der Waals surface area contributed by atoms with E-state index in [-0.39, 0.29) is 24.1 Å². The van der Waals surface area contributed by atoms with Gasteiger partial charge in [0.05, 0.1) is 17.7 Å². The third-order valence-corrected chi connectivity index (χ3v) is 4.12. The van der Waals surface area contributed by atoms with Gasteiger partial charge in [-0.3, -0.25) is 14.4 Å². The first-order valence-corrected chi connectivity index (χ1v) is 8.03. The van der Waals surface area contributed by atoms with Gasteiger partial charge in [0.25, 0.3) is 5.91 Å². The average molecular weight is 337 g/mol. The number of fused-ring (bicyclic) bond motifs is 1. The molecule has 25 heavy (non-hydrogen) atoms. The standard InChI is InChI=1S/C19H19N3O3/c1-22(12-13-7-3-2-4-8-13)17(23)11-16-19(25)20-15-10-6-5-9-14(15)18(24)21-16/h2-10,16H,11-12H2,1H3,(H,20,25)(H,21,24). The molecule has 2 aromatic rings. The van der Waals surface area contributed by atoms with Crippen molar-refractivity contribution < 1.29 is 14.4 Å². The molecule has 6 nitrogen and oxygen atoms in total. The number of benzene rings is 2. The van der Waals surface area contributed by atoms with Crippen molar-refractivity contribution in [1.29, 1.82) is 0 Å². The monoisotopic (exact) mass is 337 g/mol. The van der Waals surface area contributed by atoms with Crippen molar-refractivity contribution in [1.82, 2.24) is 10.2 Å². The van der Waals surface area contributed by atoms with E-state index in [1.165, 1.54) is 0 Å². The molecule has 0 radical (unpaired) electrons. The number of carbonyl (C=O) groups is 3. The van der Waals surface area contributed by atoms with Crippen LogP contribution in [-0.2, 0) is 16.1 Å². The number of carbonyl (C=O) groups excluding carboxylic acids is 3. The summed E-state index contributed by atoms with van der Waals surface area (Å²) in [7, 11) is 1.68. The summed E-state index contributed by atoms with van der Waals surface area (Å²) in [6.45, 7) is 0.447. The average Bonchev–Trinajstić information content (AvgIpc) is 2.73. The molecule has 6 heteroatoms. The van der Waals surface area contributed by atoms with Crippen LogP contribution in [0.4, 0.5) is 5.69 Å². The molecular weight excluding hydrogens is 318 g/mol. The van der Waals surface area contributed by atoms with Gasteiger partial charge in [0.15, 0.2) is 0 Å². The fourth-order valence-corrected chi connectivity index (χ4v) is 2.73. The van der Waals surface area contributed by atoms with E-state index < -0.39 is 6.04 Å². The summed E-state index contributed by atoms with van der Waals surface area (Å²) in [6.07, 6.45) is -0.0884. The van der Waals surface area contributed by atoms with E-state index in [9.17, 15) is 14.4 Å². The van der Waals surface area contributed by atoms with Crippen LogP contribution in [0.5, 0.6) is 0 Å². The Kier molecular flexibility index (Phi) is 4.79. The minimum Gasteiger partial charge on any atom is -0.341 e. The van der Waals surface area contributed by atoms with Crippen molar-refractivity contribution in [3.63, 3.8) is 0 Å². The molecule has 128 valence electrons. The molecule has 3 rings (SSSR count). The van der Waals surface area contributed by atoms with Crippen molar-refractivity contribution in [2.24, 2.45) is 0 Å². The lowest BCUT2D eigenvalue weighted by atomic mass is 10.1. The number of rotatable bonds is 4. The molecule has 0 fully saturated rings. The lowest BCUT2D eigenvalue weighted by molar-refractivity contribution is -0.133. The van der Waals surface area contributed by atoms with Crippen molar-refractivity contribution in [2.75, 3.05) is 12.4 Å². The fourth-order valence-electron chi connectivity index (χ4n) is 2.73. The zero-order valence-electron chi connectivity index (χ0n) is 13.9. The van der Waals surface area contributed by atoms with Crippen LogP contribution >= 0.6 is 0 Å². The Morgan fingerprint density at radius 3 is 2.48 bits per heavy atom. The minimum atomic E-state index is -0.898. The van der Waals surface area contributed by atoms with Crippen LogP contribution in [-0.4, -0.2) is 35.7 Å². The van der Waals surface area contributed by atoms with Gasteiger partial charge >= 0.3 is 0 Å². The van der Waals surface area contributed by atoms with E-state index in [0.717, 1.165) is 5.56 Å². The second-order valence-electron chi connectivity index (χ2n) is 6.00. The number of anilines is 1. The summed E-state index contributed by atoms with van der Waals surface area (Å²) in [6, 6.07) is 15.5. The van der Waals surface area contributed by atoms with Crippen molar-refractivity contribution >= 4 is 23.4 Å². The Morgan fingerprint density at radius 2 is 1.72 bits per heavy atom. The molecule has 1 aliphatic rings. The number of hydrogen-bond donors (Lipinski definition) is 2. The van der Waals surface area contributed by atoms with Gasteiger partial charge in [0, 0.05) is 13.6 Å². The number of hydrogen-bond acceptors (Lipinski definition) is 3. The van der Waals surface area contributed by atoms with Gasteiger partial charge in [0.1, 0.15) is 6.04 Å². The topological polar surface area (TPSA) is 78.5 Å². The van der Waals surface area contributed by atoms with E-state index in [4.69, 9.17) is 0 Å². The zero-order chi connectivity index (χ0) is 17.8. The SMILES string of the molecule is CN(Cc1ccccc1)C(=O)CC1NC(=O)c2ccccc2NC1=O. The first-order valence-electron chi connectivity index (χ1n) is 8.03. The van der Waals surface area contributed by atoms with Gasteiger partial charge in [-0.15, -0.1) is 0 Å². The van der Waals surface area contributed by atoms with Crippen LogP contribution in [0.25, 0.3) is 0 Å². The molecule has 2 aromatic carbocycles. The van der Waals surface area contributed by atoms with Crippen molar-refractivity contribution in [2.45, 2.75) is 19.0 Å². The van der Waals surface area contributed by atoms with Crippen LogP contribution in [0.15, 0.2) is 54.6 Å². The van der Waals surface area contributed by atoms with Crippen LogP contribution in [0.2, 0.25) is 0 Å². The first kappa shape index (κ1) is 16.7. The molecular formula is C19H19N3O3. The summed E-state index contributed by atoms with van der Waals surface area (Å²) in [5.74, 6) is -0.965. The molecule has 1 atom stereocenters. The van der Waals surface area contributed by atoms with Crippen molar-refractivity contribution in [3.05, 3.63) is 65.7 Å². The van der Waals surface area contributed by atoms with Crippen LogP contribution in [0, 0.1) is 0 Å².